The normalized spacial score (nSPS) is 25.6. The third-order valence-corrected chi connectivity index (χ3v) is 7.80. The van der Waals surface area contributed by atoms with Gasteiger partial charge < -0.3 is 20.7 Å². The van der Waals surface area contributed by atoms with Crippen LogP contribution in [-0.2, 0) is 6.42 Å². The SMILES string of the molecule is O=C(NC(Cc1ccc(Br)cc1)c1nc2ccc(Cl)cc2[nH]1)NC12CCC(O)(CC1)CC2. The van der Waals surface area contributed by atoms with Gasteiger partial charge in [0.05, 0.1) is 22.7 Å². The molecule has 4 N–H and O–H groups in total. The Morgan fingerprint density at radius 3 is 2.50 bits per heavy atom. The molecular weight excluding hydrogens is 492 g/mol. The van der Waals surface area contributed by atoms with E-state index in [-0.39, 0.29) is 17.6 Å². The molecule has 3 fully saturated rings. The molecule has 1 heterocycles. The highest BCUT2D eigenvalue weighted by Gasteiger charge is 2.48. The standard InChI is InChI=1S/C24H26BrClN4O2/c25-16-3-1-15(2-4-16)13-20(21-27-18-6-5-17(26)14-19(18)28-21)29-22(31)30-23-7-10-24(32,11-8-23)12-9-23/h1-6,14,20,32H,7-13H2,(H,27,28)(H2,29,30,31). The molecule has 2 bridgehead atoms. The van der Waals surface area contributed by atoms with Crippen LogP contribution in [0.1, 0.15) is 56.0 Å². The predicted octanol–water partition coefficient (Wildman–Crippen LogP) is 5.40. The number of carbonyl (C=O) groups excluding carboxylic acids is 1. The molecule has 3 aliphatic carbocycles. The molecule has 1 atom stereocenters. The minimum Gasteiger partial charge on any atom is -0.390 e. The van der Waals surface area contributed by atoms with E-state index in [9.17, 15) is 9.90 Å². The monoisotopic (exact) mass is 516 g/mol. The quantitative estimate of drug-likeness (QED) is 0.365. The molecule has 0 saturated heterocycles. The summed E-state index contributed by atoms with van der Waals surface area (Å²) in [7, 11) is 0. The molecule has 168 valence electrons. The second-order valence-corrected chi connectivity index (χ2v) is 10.6. The first kappa shape index (κ1) is 21.7. The highest BCUT2D eigenvalue weighted by atomic mass is 79.9. The Morgan fingerprint density at radius 1 is 1.12 bits per heavy atom. The second kappa shape index (κ2) is 8.36. The highest BCUT2D eigenvalue weighted by molar-refractivity contribution is 9.10. The van der Waals surface area contributed by atoms with Gasteiger partial charge in [-0.25, -0.2) is 9.78 Å². The first-order valence-electron chi connectivity index (χ1n) is 11.0. The molecule has 6 nitrogen and oxygen atoms in total. The largest absolute Gasteiger partial charge is 0.390 e. The predicted molar refractivity (Wildman–Crippen MR) is 129 cm³/mol. The number of nitrogens with one attached hydrogen (secondary N) is 3. The molecule has 3 saturated carbocycles. The first-order valence-corrected chi connectivity index (χ1v) is 12.2. The first-order chi connectivity index (χ1) is 15.3. The Balaban J connectivity index is 1.37. The number of hydrogen-bond acceptors (Lipinski definition) is 3. The van der Waals surface area contributed by atoms with Gasteiger partial charge in [-0.15, -0.1) is 0 Å². The number of rotatable bonds is 5. The molecule has 1 unspecified atom stereocenters. The summed E-state index contributed by atoms with van der Waals surface area (Å²) in [5.74, 6) is 0.694. The van der Waals surface area contributed by atoms with Crippen molar-refractivity contribution in [3.05, 3.63) is 63.3 Å². The molecule has 0 radical (unpaired) electrons. The topological polar surface area (TPSA) is 90.0 Å². The molecule has 1 aromatic heterocycles. The Kier molecular flexibility index (Phi) is 5.68. The lowest BCUT2D eigenvalue weighted by molar-refractivity contribution is -0.0694. The number of urea groups is 1. The summed E-state index contributed by atoms with van der Waals surface area (Å²) in [6.07, 6.45) is 5.30. The Bertz CT molecular complexity index is 1120. The third kappa shape index (κ3) is 4.51. The molecular formula is C24H26BrClN4O2. The van der Waals surface area contributed by atoms with Gasteiger partial charge in [0.15, 0.2) is 0 Å². The molecule has 3 aliphatic rings. The Hall–Kier alpha value is -2.09. The Morgan fingerprint density at radius 2 is 1.81 bits per heavy atom. The molecule has 3 aromatic rings. The molecule has 0 spiro atoms. The van der Waals surface area contributed by atoms with Crippen LogP contribution in [0.3, 0.4) is 0 Å². The molecule has 2 aromatic carbocycles. The number of halogens is 2. The lowest BCUT2D eigenvalue weighted by Crippen LogP contribution is -2.60. The van der Waals surface area contributed by atoms with Gasteiger partial charge in [0.1, 0.15) is 5.82 Å². The fourth-order valence-corrected chi connectivity index (χ4v) is 5.46. The molecule has 8 heteroatoms. The smallest absolute Gasteiger partial charge is 0.315 e. The van der Waals surface area contributed by atoms with E-state index in [1.54, 1.807) is 0 Å². The zero-order valence-electron chi connectivity index (χ0n) is 17.6. The van der Waals surface area contributed by atoms with E-state index in [0.29, 0.717) is 17.3 Å². The van der Waals surface area contributed by atoms with Crippen LogP contribution in [0.4, 0.5) is 4.79 Å². The molecule has 6 rings (SSSR count). The van der Waals surface area contributed by atoms with E-state index >= 15 is 0 Å². The van der Waals surface area contributed by atoms with Crippen LogP contribution in [0, 0.1) is 0 Å². The summed E-state index contributed by atoms with van der Waals surface area (Å²) in [4.78, 5) is 21.2. The van der Waals surface area contributed by atoms with Gasteiger partial charge in [0, 0.05) is 15.0 Å². The van der Waals surface area contributed by atoms with Crippen molar-refractivity contribution in [1.29, 1.82) is 0 Å². The van der Waals surface area contributed by atoms with E-state index in [1.165, 1.54) is 0 Å². The second-order valence-electron chi connectivity index (χ2n) is 9.27. The number of benzene rings is 2. The number of hydrogen-bond donors (Lipinski definition) is 4. The average molecular weight is 518 g/mol. The summed E-state index contributed by atoms with van der Waals surface area (Å²) in [5, 5.41) is 17.5. The number of aromatic nitrogens is 2. The van der Waals surface area contributed by atoms with Gasteiger partial charge in [-0.2, -0.15) is 0 Å². The van der Waals surface area contributed by atoms with Crippen LogP contribution in [-0.4, -0.2) is 32.2 Å². The van der Waals surface area contributed by atoms with Crippen LogP contribution in [0.2, 0.25) is 5.02 Å². The summed E-state index contributed by atoms with van der Waals surface area (Å²) in [5.41, 5.74) is 1.99. The van der Waals surface area contributed by atoms with Crippen molar-refractivity contribution >= 4 is 44.6 Å². The fraction of sp³-hybridized carbons (Fsp3) is 0.417. The minimum absolute atomic E-state index is 0.196. The number of imidazole rings is 1. The lowest BCUT2D eigenvalue weighted by Gasteiger charge is -2.51. The van der Waals surface area contributed by atoms with Crippen LogP contribution >= 0.6 is 27.5 Å². The van der Waals surface area contributed by atoms with Gasteiger partial charge >= 0.3 is 6.03 Å². The summed E-state index contributed by atoms with van der Waals surface area (Å²) >= 11 is 9.62. The van der Waals surface area contributed by atoms with Gasteiger partial charge in [0.2, 0.25) is 0 Å². The van der Waals surface area contributed by atoms with Gasteiger partial charge in [-0.05, 0) is 80.8 Å². The van der Waals surface area contributed by atoms with Crippen molar-refractivity contribution < 1.29 is 9.90 Å². The van der Waals surface area contributed by atoms with Crippen LogP contribution in [0.5, 0.6) is 0 Å². The summed E-state index contributed by atoms with van der Waals surface area (Å²) < 4.78 is 1.01. The number of H-pyrrole nitrogens is 1. The van der Waals surface area contributed by atoms with E-state index in [4.69, 9.17) is 16.6 Å². The van der Waals surface area contributed by atoms with Gasteiger partial charge in [0.25, 0.3) is 0 Å². The number of nitrogens with zero attached hydrogens (tertiary/aromatic N) is 1. The number of aliphatic hydroxyl groups is 1. The molecule has 32 heavy (non-hydrogen) atoms. The third-order valence-electron chi connectivity index (χ3n) is 7.04. The lowest BCUT2D eigenvalue weighted by atomic mass is 9.63. The van der Waals surface area contributed by atoms with Crippen molar-refractivity contribution in [1.82, 2.24) is 20.6 Å². The minimum atomic E-state index is -0.528. The van der Waals surface area contributed by atoms with Crippen LogP contribution in [0.15, 0.2) is 46.9 Å². The van der Waals surface area contributed by atoms with Crippen LogP contribution in [0.25, 0.3) is 11.0 Å². The summed E-state index contributed by atoms with van der Waals surface area (Å²) in [6.45, 7) is 0. The maximum atomic E-state index is 13.1. The molecule has 2 amide bonds. The van der Waals surface area contributed by atoms with Crippen molar-refractivity contribution in [2.75, 3.05) is 0 Å². The maximum absolute atomic E-state index is 13.1. The van der Waals surface area contributed by atoms with Crippen molar-refractivity contribution in [2.45, 2.75) is 62.1 Å². The average Bonchev–Trinajstić information content (AvgIpc) is 3.19. The molecule has 0 aliphatic heterocycles. The highest BCUT2D eigenvalue weighted by Crippen LogP contribution is 2.46. The van der Waals surface area contributed by atoms with Crippen molar-refractivity contribution in [3.63, 3.8) is 0 Å². The Labute approximate surface area is 200 Å². The van der Waals surface area contributed by atoms with Gasteiger partial charge in [-0.1, -0.05) is 39.7 Å². The van der Waals surface area contributed by atoms with E-state index < -0.39 is 5.60 Å². The number of carbonyl (C=O) groups is 1. The van der Waals surface area contributed by atoms with Crippen LogP contribution < -0.4 is 10.6 Å². The number of aromatic amines is 1. The van der Waals surface area contributed by atoms with E-state index in [0.717, 1.165) is 59.6 Å². The van der Waals surface area contributed by atoms with Crippen molar-refractivity contribution in [2.24, 2.45) is 0 Å². The summed E-state index contributed by atoms with van der Waals surface area (Å²) in [6, 6.07) is 13.1. The van der Waals surface area contributed by atoms with E-state index in [2.05, 4.69) is 31.5 Å². The zero-order chi connectivity index (χ0) is 22.3. The van der Waals surface area contributed by atoms with Crippen molar-refractivity contribution in [3.8, 4) is 0 Å². The number of fused-ring (bicyclic) bond motifs is 4. The maximum Gasteiger partial charge on any atom is 0.315 e. The fourth-order valence-electron chi connectivity index (χ4n) is 5.03. The number of amides is 2. The van der Waals surface area contributed by atoms with Gasteiger partial charge in [-0.3, -0.25) is 0 Å². The van der Waals surface area contributed by atoms with E-state index in [1.807, 2.05) is 42.5 Å². The zero-order valence-corrected chi connectivity index (χ0v) is 20.0.